The summed E-state index contributed by atoms with van der Waals surface area (Å²) in [7, 11) is 0. The van der Waals surface area contributed by atoms with Gasteiger partial charge in [-0.05, 0) is 41.3 Å². The van der Waals surface area contributed by atoms with Gasteiger partial charge in [0.15, 0.2) is 5.75 Å². The summed E-state index contributed by atoms with van der Waals surface area (Å²) in [6.07, 6.45) is 2.94. The molecule has 3 aromatic heterocycles. The van der Waals surface area contributed by atoms with Gasteiger partial charge in [-0.15, -0.1) is 11.3 Å². The van der Waals surface area contributed by atoms with E-state index in [1.165, 1.54) is 11.3 Å². The summed E-state index contributed by atoms with van der Waals surface area (Å²) in [4.78, 5) is 19.8. The van der Waals surface area contributed by atoms with Gasteiger partial charge >= 0.3 is 6.09 Å². The molecular formula is C20H18ClN5O2S. The quantitative estimate of drug-likeness (QED) is 0.353. The Morgan fingerprint density at radius 3 is 3.03 bits per heavy atom. The van der Waals surface area contributed by atoms with E-state index in [4.69, 9.17) is 22.1 Å². The van der Waals surface area contributed by atoms with E-state index in [-0.39, 0.29) is 6.54 Å². The molecule has 9 heteroatoms. The molecule has 1 atom stereocenters. The molecule has 1 amide bonds. The van der Waals surface area contributed by atoms with E-state index in [9.17, 15) is 4.79 Å². The van der Waals surface area contributed by atoms with Crippen LogP contribution in [0.3, 0.4) is 0 Å². The number of aromatic amines is 1. The van der Waals surface area contributed by atoms with Gasteiger partial charge in [0.05, 0.1) is 11.7 Å². The second-order valence-corrected chi connectivity index (χ2v) is 7.57. The van der Waals surface area contributed by atoms with Crippen molar-refractivity contribution in [2.75, 3.05) is 11.9 Å². The molecule has 0 aliphatic rings. The Morgan fingerprint density at radius 2 is 2.21 bits per heavy atom. The van der Waals surface area contributed by atoms with Crippen LogP contribution in [-0.4, -0.2) is 22.6 Å². The summed E-state index contributed by atoms with van der Waals surface area (Å²) < 4.78 is 5.52. The summed E-state index contributed by atoms with van der Waals surface area (Å²) in [6.45, 7) is 0.215. The highest BCUT2D eigenvalue weighted by molar-refractivity contribution is 7.14. The van der Waals surface area contributed by atoms with Crippen molar-refractivity contribution in [1.29, 1.82) is 0 Å². The van der Waals surface area contributed by atoms with Crippen molar-refractivity contribution in [3.63, 3.8) is 0 Å². The number of H-pyrrole nitrogens is 1. The van der Waals surface area contributed by atoms with Crippen molar-refractivity contribution >= 4 is 50.8 Å². The fourth-order valence-electron chi connectivity index (χ4n) is 2.93. The van der Waals surface area contributed by atoms with Crippen LogP contribution in [0.15, 0.2) is 60.2 Å². The van der Waals surface area contributed by atoms with Crippen molar-refractivity contribution in [1.82, 2.24) is 15.3 Å². The number of amides is 1. The second kappa shape index (κ2) is 8.52. The monoisotopic (exact) mass is 427 g/mol. The van der Waals surface area contributed by atoms with Crippen molar-refractivity contribution < 1.29 is 9.53 Å². The van der Waals surface area contributed by atoms with Crippen LogP contribution in [0, 0.1) is 0 Å². The Balaban J connectivity index is 1.47. The van der Waals surface area contributed by atoms with Gasteiger partial charge in [-0.3, -0.25) is 0 Å². The van der Waals surface area contributed by atoms with Gasteiger partial charge in [0, 0.05) is 29.3 Å². The summed E-state index contributed by atoms with van der Waals surface area (Å²) in [6, 6.07) is 12.3. The first kappa shape index (κ1) is 19.3. The number of nitrogens with two attached hydrogens (primary N) is 1. The standard InChI is InChI=1S/C20H18ClN5O2S/c21-13-3-1-2-12(10-13)16(11-22)26-20(27)28-17-6-9-29-19(17)25-15-5-8-24-18-14(15)4-7-23-18/h1-10,16H,11,22H2,(H,26,27)(H2,23,24,25). The summed E-state index contributed by atoms with van der Waals surface area (Å²) in [5, 5.41) is 10.2. The normalized spacial score (nSPS) is 11.9. The number of halogens is 1. The van der Waals surface area contributed by atoms with Gasteiger partial charge < -0.3 is 26.1 Å². The fraction of sp³-hybridized carbons (Fsp3) is 0.100. The summed E-state index contributed by atoms with van der Waals surface area (Å²) in [5.41, 5.74) is 8.27. The molecule has 0 spiro atoms. The highest BCUT2D eigenvalue weighted by Crippen LogP contribution is 2.35. The number of hydrogen-bond acceptors (Lipinski definition) is 6. The molecule has 0 fully saturated rings. The zero-order valence-electron chi connectivity index (χ0n) is 15.2. The zero-order valence-corrected chi connectivity index (χ0v) is 16.8. The average Bonchev–Trinajstić information content (AvgIpc) is 3.36. The lowest BCUT2D eigenvalue weighted by Gasteiger charge is -2.17. The van der Waals surface area contributed by atoms with E-state index in [0.717, 1.165) is 22.3 Å². The number of nitrogens with zero attached hydrogens (tertiary/aromatic N) is 1. The number of benzene rings is 1. The van der Waals surface area contributed by atoms with E-state index >= 15 is 0 Å². The largest absolute Gasteiger partial charge is 0.413 e. The number of aromatic nitrogens is 2. The number of fused-ring (bicyclic) bond motifs is 1. The van der Waals surface area contributed by atoms with Crippen LogP contribution in [0.2, 0.25) is 5.02 Å². The lowest BCUT2D eigenvalue weighted by atomic mass is 10.1. The third kappa shape index (κ3) is 4.34. The number of ether oxygens (including phenoxy) is 1. The molecule has 0 aliphatic carbocycles. The van der Waals surface area contributed by atoms with Crippen molar-refractivity contribution in [3.05, 3.63) is 70.8 Å². The minimum Gasteiger partial charge on any atom is -0.407 e. The van der Waals surface area contributed by atoms with Crippen LogP contribution in [0.25, 0.3) is 11.0 Å². The molecule has 1 aromatic carbocycles. The van der Waals surface area contributed by atoms with Crippen LogP contribution in [-0.2, 0) is 0 Å². The zero-order chi connectivity index (χ0) is 20.2. The van der Waals surface area contributed by atoms with Gasteiger partial charge in [-0.1, -0.05) is 23.7 Å². The number of carbonyl (C=O) groups is 1. The number of hydrogen-bond donors (Lipinski definition) is 4. The SMILES string of the molecule is NCC(NC(=O)Oc1ccsc1Nc1ccnc2[nH]ccc12)c1cccc(Cl)c1. The molecule has 0 aliphatic heterocycles. The number of carbonyl (C=O) groups excluding carboxylic acids is 1. The minimum absolute atomic E-state index is 0.215. The summed E-state index contributed by atoms with van der Waals surface area (Å²) >= 11 is 7.46. The Kier molecular flexibility index (Phi) is 5.66. The lowest BCUT2D eigenvalue weighted by molar-refractivity contribution is 0.196. The molecular weight excluding hydrogens is 410 g/mol. The molecule has 1 unspecified atom stereocenters. The first-order chi connectivity index (χ1) is 14.1. The van der Waals surface area contributed by atoms with E-state index in [1.807, 2.05) is 35.8 Å². The molecule has 4 rings (SSSR count). The Bertz CT molecular complexity index is 1140. The molecule has 0 radical (unpaired) electrons. The van der Waals surface area contributed by atoms with Crippen LogP contribution in [0.4, 0.5) is 15.5 Å². The number of pyridine rings is 1. The lowest BCUT2D eigenvalue weighted by Crippen LogP contribution is -2.35. The molecule has 148 valence electrons. The van der Waals surface area contributed by atoms with E-state index in [2.05, 4.69) is 20.6 Å². The maximum absolute atomic E-state index is 12.5. The van der Waals surface area contributed by atoms with Gasteiger partial charge in [-0.2, -0.15) is 0 Å². The van der Waals surface area contributed by atoms with Gasteiger partial charge in [0.25, 0.3) is 0 Å². The molecule has 5 N–H and O–H groups in total. The molecule has 3 heterocycles. The van der Waals surface area contributed by atoms with Crippen molar-refractivity contribution in [2.24, 2.45) is 5.73 Å². The highest BCUT2D eigenvalue weighted by atomic mass is 35.5. The van der Waals surface area contributed by atoms with E-state index < -0.39 is 12.1 Å². The third-order valence-corrected chi connectivity index (χ3v) is 5.37. The predicted molar refractivity (Wildman–Crippen MR) is 116 cm³/mol. The van der Waals surface area contributed by atoms with E-state index in [0.29, 0.717) is 15.8 Å². The molecule has 0 bridgehead atoms. The van der Waals surface area contributed by atoms with Gasteiger partial charge in [-0.25, -0.2) is 9.78 Å². The number of anilines is 2. The topological polar surface area (TPSA) is 105 Å². The van der Waals surface area contributed by atoms with Crippen LogP contribution in [0.1, 0.15) is 11.6 Å². The van der Waals surface area contributed by atoms with E-state index in [1.54, 1.807) is 24.4 Å². The minimum atomic E-state index is -0.594. The Morgan fingerprint density at radius 1 is 1.31 bits per heavy atom. The molecule has 0 saturated carbocycles. The van der Waals surface area contributed by atoms with Crippen molar-refractivity contribution in [2.45, 2.75) is 6.04 Å². The number of nitrogens with one attached hydrogen (secondary N) is 3. The molecule has 4 aromatic rings. The second-order valence-electron chi connectivity index (χ2n) is 6.21. The van der Waals surface area contributed by atoms with Gasteiger partial charge in [0.1, 0.15) is 10.6 Å². The highest BCUT2D eigenvalue weighted by Gasteiger charge is 2.17. The van der Waals surface area contributed by atoms with Crippen LogP contribution in [0.5, 0.6) is 5.75 Å². The summed E-state index contributed by atoms with van der Waals surface area (Å²) in [5.74, 6) is 0.426. The third-order valence-electron chi connectivity index (χ3n) is 4.32. The first-order valence-corrected chi connectivity index (χ1v) is 10.1. The van der Waals surface area contributed by atoms with Crippen LogP contribution < -0.4 is 21.1 Å². The smallest absolute Gasteiger partial charge is 0.407 e. The Labute approximate surface area is 175 Å². The maximum Gasteiger partial charge on any atom is 0.413 e. The fourth-order valence-corrected chi connectivity index (χ4v) is 3.86. The number of thiophene rings is 1. The number of rotatable bonds is 6. The Hall–Kier alpha value is -3.07. The van der Waals surface area contributed by atoms with Gasteiger partial charge in [0.2, 0.25) is 0 Å². The van der Waals surface area contributed by atoms with Crippen LogP contribution >= 0.6 is 22.9 Å². The first-order valence-electron chi connectivity index (χ1n) is 8.84. The maximum atomic E-state index is 12.5. The average molecular weight is 428 g/mol. The molecule has 7 nitrogen and oxygen atoms in total. The van der Waals surface area contributed by atoms with Crippen molar-refractivity contribution in [3.8, 4) is 5.75 Å². The molecule has 29 heavy (non-hydrogen) atoms. The predicted octanol–water partition coefficient (Wildman–Crippen LogP) is 4.81. The molecule has 0 saturated heterocycles.